The summed E-state index contributed by atoms with van der Waals surface area (Å²) in [5.74, 6) is -1.39. The Kier molecular flexibility index (Phi) is 5.82. The first kappa shape index (κ1) is 20.5. The SMILES string of the molecule is CN1CCc2nc(C(=O)N[C@@H]3C[C@@H](c4cnco4)CC[C@@H]3NC(=O)C(N)=O)sc2C1. The van der Waals surface area contributed by atoms with E-state index in [1.807, 2.05) is 7.05 Å². The zero-order valence-electron chi connectivity index (χ0n) is 16.6. The molecule has 3 amide bonds. The molecule has 0 unspecified atom stereocenters. The number of rotatable bonds is 4. The number of hydrogen-bond donors (Lipinski definition) is 3. The van der Waals surface area contributed by atoms with Crippen molar-refractivity contribution in [2.45, 2.75) is 50.2 Å². The molecule has 11 heteroatoms. The summed E-state index contributed by atoms with van der Waals surface area (Å²) in [5.41, 5.74) is 6.07. The number of aromatic nitrogens is 2. The largest absolute Gasteiger partial charge is 0.448 e. The molecule has 4 N–H and O–H groups in total. The fourth-order valence-electron chi connectivity index (χ4n) is 4.08. The molecular weight excluding hydrogens is 408 g/mol. The molecule has 2 aromatic rings. The Balaban J connectivity index is 1.50. The third-order valence-corrected chi connectivity index (χ3v) is 6.76. The summed E-state index contributed by atoms with van der Waals surface area (Å²) in [6.45, 7) is 1.70. The Bertz CT molecular complexity index is 943. The summed E-state index contributed by atoms with van der Waals surface area (Å²) < 4.78 is 5.43. The molecule has 0 radical (unpaired) electrons. The van der Waals surface area contributed by atoms with Crippen molar-refractivity contribution in [3.05, 3.63) is 33.9 Å². The minimum atomic E-state index is -1.05. The van der Waals surface area contributed by atoms with Crippen molar-refractivity contribution < 1.29 is 18.8 Å². The second-order valence-corrected chi connectivity index (χ2v) is 8.90. The highest BCUT2D eigenvalue weighted by Gasteiger charge is 2.36. The summed E-state index contributed by atoms with van der Waals surface area (Å²) in [4.78, 5) is 47.8. The van der Waals surface area contributed by atoms with E-state index in [1.165, 1.54) is 17.7 Å². The van der Waals surface area contributed by atoms with E-state index in [0.717, 1.165) is 42.3 Å². The third-order valence-electron chi connectivity index (χ3n) is 5.68. The van der Waals surface area contributed by atoms with E-state index in [9.17, 15) is 14.4 Å². The van der Waals surface area contributed by atoms with E-state index >= 15 is 0 Å². The molecule has 30 heavy (non-hydrogen) atoms. The standard InChI is InChI=1S/C19H24N6O4S/c1-25-5-4-12-15(8-25)30-19(24-12)18(28)23-13-6-10(14-7-21-9-29-14)2-3-11(13)22-17(27)16(20)26/h7,9-11,13H,2-6,8H2,1H3,(H2,20,26)(H,22,27)(H,23,28)/t10-,11-,13+/m0/s1. The zero-order valence-corrected chi connectivity index (χ0v) is 17.4. The average molecular weight is 433 g/mol. The quantitative estimate of drug-likeness (QED) is 0.584. The number of nitrogens with zero attached hydrogens (tertiary/aromatic N) is 3. The highest BCUT2D eigenvalue weighted by Crippen LogP contribution is 2.33. The number of oxazole rings is 1. The van der Waals surface area contributed by atoms with E-state index in [0.29, 0.717) is 17.8 Å². The van der Waals surface area contributed by atoms with Crippen molar-refractivity contribution in [1.82, 2.24) is 25.5 Å². The zero-order chi connectivity index (χ0) is 21.3. The number of nitrogens with two attached hydrogens (primary N) is 1. The molecule has 1 fully saturated rings. The van der Waals surface area contributed by atoms with Gasteiger partial charge in [0.25, 0.3) is 5.91 Å². The molecule has 0 aromatic carbocycles. The topological polar surface area (TPSA) is 143 Å². The molecule has 3 atom stereocenters. The Morgan fingerprint density at radius 3 is 2.83 bits per heavy atom. The number of fused-ring (bicyclic) bond motifs is 1. The van der Waals surface area contributed by atoms with Crippen molar-refractivity contribution in [1.29, 1.82) is 0 Å². The second kappa shape index (κ2) is 8.52. The fraction of sp³-hybridized carbons (Fsp3) is 0.526. The lowest BCUT2D eigenvalue weighted by molar-refractivity contribution is -0.138. The lowest BCUT2D eigenvalue weighted by atomic mass is 9.81. The van der Waals surface area contributed by atoms with Gasteiger partial charge < -0.3 is 25.7 Å². The number of carbonyl (C=O) groups is 3. The summed E-state index contributed by atoms with van der Waals surface area (Å²) in [6, 6.07) is -0.804. The average Bonchev–Trinajstić information content (AvgIpc) is 3.38. The van der Waals surface area contributed by atoms with Crippen LogP contribution in [0.15, 0.2) is 17.0 Å². The molecular formula is C19H24N6O4S. The molecule has 1 aliphatic heterocycles. The normalized spacial score (nSPS) is 24.1. The van der Waals surface area contributed by atoms with Gasteiger partial charge in [0.2, 0.25) is 0 Å². The maximum Gasteiger partial charge on any atom is 0.309 e. The molecule has 4 rings (SSSR count). The van der Waals surface area contributed by atoms with Gasteiger partial charge in [0.05, 0.1) is 17.9 Å². The van der Waals surface area contributed by atoms with Crippen LogP contribution in [0.1, 0.15) is 51.3 Å². The molecule has 0 saturated heterocycles. The van der Waals surface area contributed by atoms with Gasteiger partial charge in [-0.1, -0.05) is 0 Å². The van der Waals surface area contributed by atoms with Gasteiger partial charge in [0.15, 0.2) is 11.4 Å². The van der Waals surface area contributed by atoms with Crippen molar-refractivity contribution in [3.8, 4) is 0 Å². The van der Waals surface area contributed by atoms with Crippen LogP contribution in [0.25, 0.3) is 0 Å². The van der Waals surface area contributed by atoms with E-state index in [-0.39, 0.29) is 11.8 Å². The van der Waals surface area contributed by atoms with E-state index in [4.69, 9.17) is 10.2 Å². The lowest BCUT2D eigenvalue weighted by Gasteiger charge is -2.35. The lowest BCUT2D eigenvalue weighted by Crippen LogP contribution is -2.56. The maximum absolute atomic E-state index is 13.0. The van der Waals surface area contributed by atoms with Crippen molar-refractivity contribution in [2.75, 3.05) is 13.6 Å². The smallest absolute Gasteiger partial charge is 0.309 e. The van der Waals surface area contributed by atoms with Crippen LogP contribution >= 0.6 is 11.3 Å². The van der Waals surface area contributed by atoms with Gasteiger partial charge in [-0.05, 0) is 26.3 Å². The number of carbonyl (C=O) groups excluding carboxylic acids is 3. The monoisotopic (exact) mass is 432 g/mol. The first-order chi connectivity index (χ1) is 14.4. The van der Waals surface area contributed by atoms with Crippen LogP contribution in [-0.4, -0.2) is 58.3 Å². The van der Waals surface area contributed by atoms with Gasteiger partial charge in [-0.25, -0.2) is 9.97 Å². The van der Waals surface area contributed by atoms with Crippen LogP contribution < -0.4 is 16.4 Å². The molecule has 10 nitrogen and oxygen atoms in total. The predicted octanol–water partition coefficient (Wildman–Crippen LogP) is 0.155. The minimum absolute atomic E-state index is 0.0534. The Morgan fingerprint density at radius 2 is 2.10 bits per heavy atom. The van der Waals surface area contributed by atoms with Gasteiger partial charge in [0, 0.05) is 36.3 Å². The molecule has 160 valence electrons. The molecule has 1 aliphatic carbocycles. The van der Waals surface area contributed by atoms with E-state index in [2.05, 4.69) is 25.5 Å². The summed E-state index contributed by atoms with van der Waals surface area (Å²) >= 11 is 1.40. The van der Waals surface area contributed by atoms with Gasteiger partial charge in [-0.15, -0.1) is 11.3 Å². The first-order valence-corrected chi connectivity index (χ1v) is 10.7. The van der Waals surface area contributed by atoms with Gasteiger partial charge in [-0.3, -0.25) is 14.4 Å². The highest BCUT2D eigenvalue weighted by atomic mass is 32.1. The summed E-state index contributed by atoms with van der Waals surface area (Å²) in [6.07, 6.45) is 5.69. The Hall–Kier alpha value is -2.79. The molecule has 2 aliphatic rings. The third kappa shape index (κ3) is 4.36. The van der Waals surface area contributed by atoms with Crippen LogP contribution in [0.5, 0.6) is 0 Å². The number of primary amides is 1. The Morgan fingerprint density at radius 1 is 1.27 bits per heavy atom. The van der Waals surface area contributed by atoms with Crippen LogP contribution in [0.2, 0.25) is 0 Å². The number of thiazole rings is 1. The van der Waals surface area contributed by atoms with Gasteiger partial charge in [0.1, 0.15) is 5.76 Å². The number of amides is 3. The molecule has 0 spiro atoms. The molecule has 0 bridgehead atoms. The van der Waals surface area contributed by atoms with Crippen molar-refractivity contribution in [3.63, 3.8) is 0 Å². The van der Waals surface area contributed by atoms with E-state index < -0.39 is 23.9 Å². The summed E-state index contributed by atoms with van der Waals surface area (Å²) in [5, 5.41) is 6.07. The number of nitrogens with one attached hydrogen (secondary N) is 2. The molecule has 3 heterocycles. The van der Waals surface area contributed by atoms with Gasteiger partial charge >= 0.3 is 11.8 Å². The van der Waals surface area contributed by atoms with Crippen LogP contribution in [0, 0.1) is 0 Å². The van der Waals surface area contributed by atoms with Crippen LogP contribution in [-0.2, 0) is 22.6 Å². The highest BCUT2D eigenvalue weighted by molar-refractivity contribution is 7.13. The number of likely N-dealkylation sites (N-methyl/N-ethyl adjacent to an activating group) is 1. The molecule has 2 aromatic heterocycles. The van der Waals surface area contributed by atoms with Gasteiger partial charge in [-0.2, -0.15) is 0 Å². The minimum Gasteiger partial charge on any atom is -0.448 e. The van der Waals surface area contributed by atoms with Crippen LogP contribution in [0.4, 0.5) is 0 Å². The fourth-order valence-corrected chi connectivity index (χ4v) is 5.17. The summed E-state index contributed by atoms with van der Waals surface area (Å²) in [7, 11) is 2.04. The van der Waals surface area contributed by atoms with Crippen molar-refractivity contribution in [2.24, 2.45) is 5.73 Å². The second-order valence-electron chi connectivity index (χ2n) is 7.81. The van der Waals surface area contributed by atoms with Crippen LogP contribution in [0.3, 0.4) is 0 Å². The van der Waals surface area contributed by atoms with Crippen molar-refractivity contribution >= 4 is 29.1 Å². The first-order valence-electron chi connectivity index (χ1n) is 9.87. The van der Waals surface area contributed by atoms with E-state index in [1.54, 1.807) is 6.20 Å². The maximum atomic E-state index is 13.0. The Labute approximate surface area is 177 Å². The predicted molar refractivity (Wildman–Crippen MR) is 108 cm³/mol. The number of hydrogen-bond acceptors (Lipinski definition) is 8. The molecule has 1 saturated carbocycles.